The molecular weight excluding hydrogens is 280 g/mol. The lowest BCUT2D eigenvalue weighted by Gasteiger charge is -2.03. The maximum atomic E-state index is 11.8. The van der Waals surface area contributed by atoms with Gasteiger partial charge in [0.05, 0.1) is 17.8 Å². The Morgan fingerprint density at radius 2 is 2.05 bits per heavy atom. The summed E-state index contributed by atoms with van der Waals surface area (Å²) in [6.07, 6.45) is 1.33. The monoisotopic (exact) mass is 290 g/mol. The standard InChI is InChI=1S/C13H11ClN4O2/c1-17-11-5-3-2-4-8(11)10(16-17)7-18-6-9(14)12(19)15-13(18)20/h2-6H,7H2,1H3,(H,15,19,20). The van der Waals surface area contributed by atoms with Crippen molar-refractivity contribution < 1.29 is 0 Å². The Morgan fingerprint density at radius 3 is 2.85 bits per heavy atom. The lowest BCUT2D eigenvalue weighted by molar-refractivity contribution is 0.681. The average molecular weight is 291 g/mol. The van der Waals surface area contributed by atoms with Crippen LogP contribution >= 0.6 is 11.6 Å². The van der Waals surface area contributed by atoms with Crippen LogP contribution in [0.4, 0.5) is 0 Å². The van der Waals surface area contributed by atoms with Gasteiger partial charge in [-0.25, -0.2) is 4.79 Å². The Labute approximate surface area is 118 Å². The minimum Gasteiger partial charge on any atom is -0.293 e. The molecule has 6 nitrogen and oxygen atoms in total. The van der Waals surface area contributed by atoms with E-state index in [0.29, 0.717) is 0 Å². The van der Waals surface area contributed by atoms with Gasteiger partial charge in [0.15, 0.2) is 0 Å². The summed E-state index contributed by atoms with van der Waals surface area (Å²) in [6, 6.07) is 7.73. The van der Waals surface area contributed by atoms with E-state index in [0.717, 1.165) is 16.6 Å². The second-order valence-corrected chi connectivity index (χ2v) is 4.86. The fraction of sp³-hybridized carbons (Fsp3) is 0.154. The Balaban J connectivity index is 2.13. The number of nitrogens with one attached hydrogen (secondary N) is 1. The van der Waals surface area contributed by atoms with Crippen LogP contribution < -0.4 is 11.2 Å². The van der Waals surface area contributed by atoms with E-state index >= 15 is 0 Å². The third kappa shape index (κ3) is 2.04. The highest BCUT2D eigenvalue weighted by molar-refractivity contribution is 6.30. The summed E-state index contributed by atoms with van der Waals surface area (Å²) in [7, 11) is 1.84. The number of fused-ring (bicyclic) bond motifs is 1. The van der Waals surface area contributed by atoms with Gasteiger partial charge in [-0.1, -0.05) is 29.8 Å². The van der Waals surface area contributed by atoms with Crippen molar-refractivity contribution in [3.05, 3.63) is 62.0 Å². The van der Waals surface area contributed by atoms with Crippen molar-refractivity contribution in [1.82, 2.24) is 19.3 Å². The maximum Gasteiger partial charge on any atom is 0.328 e. The molecule has 0 spiro atoms. The Morgan fingerprint density at radius 1 is 1.30 bits per heavy atom. The number of aromatic amines is 1. The molecular formula is C13H11ClN4O2. The summed E-state index contributed by atoms with van der Waals surface area (Å²) >= 11 is 5.75. The van der Waals surface area contributed by atoms with Crippen LogP contribution in [0.1, 0.15) is 5.69 Å². The SMILES string of the molecule is Cn1nc(Cn2cc(Cl)c(=O)[nH]c2=O)c2ccccc21. The first kappa shape index (κ1) is 12.7. The number of nitrogens with zero attached hydrogens (tertiary/aromatic N) is 3. The number of para-hydroxylation sites is 1. The molecule has 0 bridgehead atoms. The minimum absolute atomic E-state index is 0.0233. The summed E-state index contributed by atoms with van der Waals surface area (Å²) in [5.41, 5.74) is 0.632. The summed E-state index contributed by atoms with van der Waals surface area (Å²) in [4.78, 5) is 25.2. The molecule has 0 saturated heterocycles. The largest absolute Gasteiger partial charge is 0.328 e. The second-order valence-electron chi connectivity index (χ2n) is 4.45. The molecule has 3 rings (SSSR count). The number of aryl methyl sites for hydroxylation is 1. The highest BCUT2D eigenvalue weighted by Crippen LogP contribution is 2.17. The summed E-state index contributed by atoms with van der Waals surface area (Å²) in [6.45, 7) is 0.247. The second kappa shape index (κ2) is 4.64. The molecule has 0 aliphatic heterocycles. The molecule has 0 aliphatic rings. The van der Waals surface area contributed by atoms with Crippen molar-refractivity contribution in [2.24, 2.45) is 7.05 Å². The number of rotatable bonds is 2. The molecule has 0 saturated carbocycles. The third-order valence-corrected chi connectivity index (χ3v) is 3.39. The van der Waals surface area contributed by atoms with Crippen LogP contribution in [0.3, 0.4) is 0 Å². The summed E-state index contributed by atoms with van der Waals surface area (Å²) < 4.78 is 3.08. The van der Waals surface area contributed by atoms with E-state index in [1.807, 2.05) is 31.3 Å². The molecule has 0 amide bonds. The Hall–Kier alpha value is -2.34. The van der Waals surface area contributed by atoms with Crippen molar-refractivity contribution in [2.75, 3.05) is 0 Å². The number of H-pyrrole nitrogens is 1. The van der Waals surface area contributed by atoms with Crippen molar-refractivity contribution in [1.29, 1.82) is 0 Å². The van der Waals surface area contributed by atoms with Gasteiger partial charge in [-0.3, -0.25) is 19.0 Å². The third-order valence-electron chi connectivity index (χ3n) is 3.12. The smallest absolute Gasteiger partial charge is 0.293 e. The van der Waals surface area contributed by atoms with Gasteiger partial charge in [0.1, 0.15) is 5.02 Å². The van der Waals surface area contributed by atoms with Crippen LogP contribution in [-0.2, 0) is 13.6 Å². The quantitative estimate of drug-likeness (QED) is 0.769. The molecule has 102 valence electrons. The topological polar surface area (TPSA) is 72.7 Å². The highest BCUT2D eigenvalue weighted by atomic mass is 35.5. The van der Waals surface area contributed by atoms with Crippen molar-refractivity contribution in [2.45, 2.75) is 6.54 Å². The van der Waals surface area contributed by atoms with E-state index < -0.39 is 11.2 Å². The molecule has 0 aliphatic carbocycles. The molecule has 0 radical (unpaired) electrons. The fourth-order valence-corrected chi connectivity index (χ4v) is 2.33. The lowest BCUT2D eigenvalue weighted by Crippen LogP contribution is -2.30. The van der Waals surface area contributed by atoms with Crippen LogP contribution in [-0.4, -0.2) is 19.3 Å². The van der Waals surface area contributed by atoms with Crippen LogP contribution in [0.5, 0.6) is 0 Å². The molecule has 0 unspecified atom stereocenters. The van der Waals surface area contributed by atoms with E-state index in [9.17, 15) is 9.59 Å². The Bertz CT molecular complexity index is 907. The average Bonchev–Trinajstić information content (AvgIpc) is 2.74. The lowest BCUT2D eigenvalue weighted by atomic mass is 10.2. The van der Waals surface area contributed by atoms with Crippen molar-refractivity contribution >= 4 is 22.5 Å². The number of halogens is 1. The van der Waals surface area contributed by atoms with E-state index in [1.165, 1.54) is 10.8 Å². The number of benzene rings is 1. The minimum atomic E-state index is -0.584. The molecule has 7 heteroatoms. The van der Waals surface area contributed by atoms with Gasteiger partial charge >= 0.3 is 5.69 Å². The van der Waals surface area contributed by atoms with Gasteiger partial charge in [-0.15, -0.1) is 0 Å². The van der Waals surface area contributed by atoms with Gasteiger partial charge in [-0.2, -0.15) is 5.10 Å². The van der Waals surface area contributed by atoms with Crippen LogP contribution in [0.25, 0.3) is 10.9 Å². The molecule has 1 N–H and O–H groups in total. The highest BCUT2D eigenvalue weighted by Gasteiger charge is 2.10. The molecule has 0 atom stereocenters. The summed E-state index contributed by atoms with van der Waals surface area (Å²) in [5, 5.41) is 5.34. The van der Waals surface area contributed by atoms with Crippen molar-refractivity contribution in [3.8, 4) is 0 Å². The normalized spacial score (nSPS) is 11.1. The summed E-state index contributed by atoms with van der Waals surface area (Å²) in [5.74, 6) is 0. The maximum absolute atomic E-state index is 11.8. The van der Waals surface area contributed by atoms with Crippen LogP contribution in [0.15, 0.2) is 40.1 Å². The molecule has 2 heterocycles. The van der Waals surface area contributed by atoms with Gasteiger partial charge in [0.2, 0.25) is 0 Å². The predicted octanol–water partition coefficient (Wildman–Crippen LogP) is 1.12. The zero-order valence-corrected chi connectivity index (χ0v) is 11.4. The van der Waals surface area contributed by atoms with Gasteiger partial charge < -0.3 is 0 Å². The first-order valence-electron chi connectivity index (χ1n) is 5.96. The van der Waals surface area contributed by atoms with Gasteiger partial charge in [-0.05, 0) is 6.07 Å². The van der Waals surface area contributed by atoms with Gasteiger partial charge in [0, 0.05) is 18.6 Å². The van der Waals surface area contributed by atoms with Gasteiger partial charge in [0.25, 0.3) is 5.56 Å². The van der Waals surface area contributed by atoms with Crippen molar-refractivity contribution in [3.63, 3.8) is 0 Å². The zero-order valence-electron chi connectivity index (χ0n) is 10.6. The molecule has 2 aromatic heterocycles. The molecule has 20 heavy (non-hydrogen) atoms. The van der Waals surface area contributed by atoms with Crippen LogP contribution in [0.2, 0.25) is 5.02 Å². The zero-order chi connectivity index (χ0) is 14.3. The van der Waals surface area contributed by atoms with E-state index in [-0.39, 0.29) is 11.6 Å². The number of hydrogen-bond acceptors (Lipinski definition) is 3. The number of aromatic nitrogens is 4. The van der Waals surface area contributed by atoms with E-state index in [1.54, 1.807) is 4.68 Å². The first-order chi connectivity index (χ1) is 9.56. The number of hydrogen-bond donors (Lipinski definition) is 1. The first-order valence-corrected chi connectivity index (χ1v) is 6.34. The van der Waals surface area contributed by atoms with Crippen LogP contribution in [0, 0.1) is 0 Å². The van der Waals surface area contributed by atoms with E-state index in [2.05, 4.69) is 10.1 Å². The fourth-order valence-electron chi connectivity index (χ4n) is 2.17. The molecule has 1 aromatic carbocycles. The Kier molecular flexibility index (Phi) is 2.94. The van der Waals surface area contributed by atoms with E-state index in [4.69, 9.17) is 11.6 Å². The predicted molar refractivity (Wildman–Crippen MR) is 76.1 cm³/mol. The molecule has 3 aromatic rings. The molecule has 0 fully saturated rings.